The molecule has 0 radical (unpaired) electrons. The number of aliphatic imine (C=N–C) groups is 1. The van der Waals surface area contributed by atoms with Crippen molar-refractivity contribution in [2.45, 2.75) is 19.9 Å². The summed E-state index contributed by atoms with van der Waals surface area (Å²) in [6.07, 6.45) is 3.36. The first-order valence-electron chi connectivity index (χ1n) is 9.06. The Bertz CT molecular complexity index is 1040. The summed E-state index contributed by atoms with van der Waals surface area (Å²) in [6, 6.07) is 19.6. The summed E-state index contributed by atoms with van der Waals surface area (Å²) in [6.45, 7) is 3.53. The van der Waals surface area contributed by atoms with Gasteiger partial charge in [-0.05, 0) is 18.6 Å². The Labute approximate surface area is 163 Å². The summed E-state index contributed by atoms with van der Waals surface area (Å²) in [5.74, 6) is 0.894. The lowest BCUT2D eigenvalue weighted by Crippen LogP contribution is -2.55. The molecule has 28 heavy (non-hydrogen) atoms. The fraction of sp³-hybridized carbons (Fsp3) is 0.143. The molecule has 3 aromatic rings. The van der Waals surface area contributed by atoms with E-state index in [4.69, 9.17) is 0 Å². The third-order valence-electron chi connectivity index (χ3n) is 4.61. The number of benzene rings is 2. The number of nitrogens with one attached hydrogen (secondary N) is 2. The number of quaternary nitrogens is 1. The lowest BCUT2D eigenvalue weighted by atomic mass is 10.1. The molecule has 1 aliphatic rings. The molecule has 2 N–H and O–H groups in total. The van der Waals surface area contributed by atoms with Crippen LogP contribution in [0.4, 0.5) is 23.1 Å². The summed E-state index contributed by atoms with van der Waals surface area (Å²) < 4.78 is -0.0809. The van der Waals surface area contributed by atoms with Crippen LogP contribution in [0.1, 0.15) is 25.5 Å². The Hall–Kier alpha value is -3.58. The van der Waals surface area contributed by atoms with Gasteiger partial charge in [-0.25, -0.2) is 4.98 Å². The van der Waals surface area contributed by atoms with Crippen LogP contribution in [0.15, 0.2) is 71.9 Å². The second-order valence-electron chi connectivity index (χ2n) is 6.64. The average Bonchev–Trinajstić information content (AvgIpc) is 3.08. The van der Waals surface area contributed by atoms with E-state index in [1.165, 1.54) is 6.92 Å². The van der Waals surface area contributed by atoms with Gasteiger partial charge in [-0.1, -0.05) is 47.1 Å². The van der Waals surface area contributed by atoms with E-state index in [-0.39, 0.29) is 16.5 Å². The summed E-state index contributed by atoms with van der Waals surface area (Å²) >= 11 is 0. The van der Waals surface area contributed by atoms with Crippen LogP contribution in [0.25, 0.3) is 0 Å². The molecule has 1 aliphatic heterocycles. The fourth-order valence-electron chi connectivity index (χ4n) is 3.29. The molecular weight excluding hydrogens is 352 g/mol. The van der Waals surface area contributed by atoms with Crippen molar-refractivity contribution < 1.29 is 4.79 Å². The molecule has 2 unspecified atom stereocenters. The molecule has 7 heteroatoms. The molecule has 0 spiro atoms. The molecule has 1 amide bonds. The standard InChI is InChI=1S/C21H20N6O/c1-15(17-8-4-3-5-9-17)24-21-22-13-12-20(25-21)27(26-16(2)28)14-23-18-10-6-7-11-19(18)27/h3-15H,1-2H3,(H-,22,24,25,26,28)/p+1. The zero-order chi connectivity index (χ0) is 19.6. The second kappa shape index (κ2) is 7.21. The van der Waals surface area contributed by atoms with Gasteiger partial charge in [0.25, 0.3) is 11.7 Å². The van der Waals surface area contributed by atoms with Crippen LogP contribution in [0.2, 0.25) is 0 Å². The predicted molar refractivity (Wildman–Crippen MR) is 110 cm³/mol. The first-order chi connectivity index (χ1) is 13.6. The minimum absolute atomic E-state index is 0.0326. The van der Waals surface area contributed by atoms with E-state index in [0.29, 0.717) is 11.8 Å². The average molecular weight is 373 g/mol. The van der Waals surface area contributed by atoms with Gasteiger partial charge < -0.3 is 5.32 Å². The molecule has 140 valence electrons. The van der Waals surface area contributed by atoms with Crippen molar-refractivity contribution >= 4 is 35.4 Å². The molecule has 0 fully saturated rings. The number of aromatic nitrogens is 2. The van der Waals surface area contributed by atoms with E-state index in [1.807, 2.05) is 42.5 Å². The van der Waals surface area contributed by atoms with E-state index >= 15 is 0 Å². The van der Waals surface area contributed by atoms with Crippen molar-refractivity contribution in [3.05, 3.63) is 72.4 Å². The van der Waals surface area contributed by atoms with Crippen LogP contribution in [0.5, 0.6) is 0 Å². The van der Waals surface area contributed by atoms with Crippen LogP contribution < -0.4 is 15.3 Å². The van der Waals surface area contributed by atoms with Crippen molar-refractivity contribution in [2.75, 3.05) is 5.32 Å². The second-order valence-corrected chi connectivity index (χ2v) is 6.64. The van der Waals surface area contributed by atoms with Crippen molar-refractivity contribution in [1.82, 2.24) is 20.0 Å². The molecule has 2 aromatic carbocycles. The van der Waals surface area contributed by atoms with Crippen LogP contribution in [0, 0.1) is 0 Å². The summed E-state index contributed by atoms with van der Waals surface area (Å²) in [5, 5.41) is 3.33. The van der Waals surface area contributed by atoms with Gasteiger partial charge in [-0.15, -0.1) is 0 Å². The van der Waals surface area contributed by atoms with E-state index in [9.17, 15) is 4.79 Å². The monoisotopic (exact) mass is 373 g/mol. The number of carbonyl (C=O) groups excluding carboxylic acids is 1. The smallest absolute Gasteiger partial charge is 0.268 e. The highest BCUT2D eigenvalue weighted by molar-refractivity contribution is 5.96. The number of para-hydroxylation sites is 2. The van der Waals surface area contributed by atoms with Crippen molar-refractivity contribution in [3.8, 4) is 0 Å². The number of nitrogens with zero attached hydrogens (tertiary/aromatic N) is 4. The van der Waals surface area contributed by atoms with Gasteiger partial charge in [0.1, 0.15) is 5.69 Å². The maximum atomic E-state index is 12.0. The predicted octanol–water partition coefficient (Wildman–Crippen LogP) is 4.01. The Morgan fingerprint density at radius 2 is 1.79 bits per heavy atom. The quantitative estimate of drug-likeness (QED) is 0.662. The summed E-state index contributed by atoms with van der Waals surface area (Å²) in [5.41, 5.74) is 5.73. The topological polar surface area (TPSA) is 79.3 Å². The Morgan fingerprint density at radius 1 is 1.04 bits per heavy atom. The molecule has 2 heterocycles. The lowest BCUT2D eigenvalue weighted by Gasteiger charge is -2.27. The van der Waals surface area contributed by atoms with E-state index in [2.05, 4.69) is 44.8 Å². The maximum Gasteiger partial charge on any atom is 0.268 e. The highest BCUT2D eigenvalue weighted by atomic mass is 16.2. The number of rotatable bonds is 5. The van der Waals surface area contributed by atoms with Gasteiger partial charge in [-0.2, -0.15) is 15.4 Å². The van der Waals surface area contributed by atoms with Crippen molar-refractivity contribution in [3.63, 3.8) is 0 Å². The van der Waals surface area contributed by atoms with E-state index in [1.54, 1.807) is 18.6 Å². The molecule has 4 rings (SSSR count). The molecule has 0 saturated carbocycles. The number of hydrogen-bond acceptors (Lipinski definition) is 5. The number of anilines is 1. The van der Waals surface area contributed by atoms with Gasteiger partial charge in [-0.3, -0.25) is 4.79 Å². The van der Waals surface area contributed by atoms with Gasteiger partial charge in [0.15, 0.2) is 5.69 Å². The molecular formula is C21H21N6O+. The SMILES string of the molecule is CC(=O)N[N+]1(c2ccnc(NC(C)c3ccccc3)n2)C=Nc2ccccc21. The number of amides is 1. The van der Waals surface area contributed by atoms with Gasteiger partial charge in [0.2, 0.25) is 12.3 Å². The maximum absolute atomic E-state index is 12.0. The number of fused-ring (bicyclic) bond motifs is 1. The lowest BCUT2D eigenvalue weighted by molar-refractivity contribution is -0.121. The van der Waals surface area contributed by atoms with Gasteiger partial charge >= 0.3 is 0 Å². The van der Waals surface area contributed by atoms with Crippen molar-refractivity contribution in [2.24, 2.45) is 4.99 Å². The zero-order valence-electron chi connectivity index (χ0n) is 15.7. The zero-order valence-corrected chi connectivity index (χ0v) is 15.7. The minimum atomic E-state index is -0.186. The van der Waals surface area contributed by atoms with Gasteiger partial charge in [0.05, 0.1) is 6.04 Å². The Morgan fingerprint density at radius 3 is 2.57 bits per heavy atom. The largest absolute Gasteiger partial charge is 0.348 e. The minimum Gasteiger partial charge on any atom is -0.348 e. The van der Waals surface area contributed by atoms with Crippen molar-refractivity contribution in [1.29, 1.82) is 0 Å². The molecule has 0 bridgehead atoms. The number of hydrogen-bond donors (Lipinski definition) is 2. The van der Waals surface area contributed by atoms with Crippen LogP contribution in [-0.2, 0) is 4.79 Å². The van der Waals surface area contributed by atoms with Crippen LogP contribution in [0.3, 0.4) is 0 Å². The van der Waals surface area contributed by atoms with Gasteiger partial charge in [0, 0.05) is 25.3 Å². The molecule has 1 aromatic heterocycles. The number of carbonyl (C=O) groups is 1. The van der Waals surface area contributed by atoms with Crippen LogP contribution in [-0.4, -0.2) is 22.2 Å². The first kappa shape index (κ1) is 17.8. The molecule has 0 saturated heterocycles. The summed E-state index contributed by atoms with van der Waals surface area (Å²) in [7, 11) is 0. The fourth-order valence-corrected chi connectivity index (χ4v) is 3.29. The Kier molecular flexibility index (Phi) is 4.58. The van der Waals surface area contributed by atoms with E-state index < -0.39 is 0 Å². The molecule has 2 atom stereocenters. The third kappa shape index (κ3) is 3.23. The summed E-state index contributed by atoms with van der Waals surface area (Å²) in [4.78, 5) is 25.5. The Balaban J connectivity index is 1.71. The normalized spacial score (nSPS) is 18.4. The van der Waals surface area contributed by atoms with E-state index in [0.717, 1.165) is 16.9 Å². The highest BCUT2D eigenvalue weighted by Crippen LogP contribution is 2.41. The highest BCUT2D eigenvalue weighted by Gasteiger charge is 2.42. The third-order valence-corrected chi connectivity index (χ3v) is 4.61. The first-order valence-corrected chi connectivity index (χ1v) is 9.06. The van der Waals surface area contributed by atoms with Crippen LogP contribution >= 0.6 is 0 Å². The molecule has 7 nitrogen and oxygen atoms in total. The molecule has 0 aliphatic carbocycles.